The van der Waals surface area contributed by atoms with E-state index in [-0.39, 0.29) is 5.75 Å². The zero-order valence-corrected chi connectivity index (χ0v) is 12.1. The van der Waals surface area contributed by atoms with Crippen molar-refractivity contribution in [2.45, 2.75) is 19.6 Å². The molecule has 1 aliphatic heterocycles. The van der Waals surface area contributed by atoms with E-state index in [9.17, 15) is 8.78 Å². The molecule has 1 aromatic carbocycles. The maximum absolute atomic E-state index is 12.1. The maximum atomic E-state index is 12.1. The number of nitrogens with zero attached hydrogens (tertiary/aromatic N) is 2. The van der Waals surface area contributed by atoms with Gasteiger partial charge in [-0.25, -0.2) is 4.98 Å². The highest BCUT2D eigenvalue weighted by atomic mass is 19.3. The fourth-order valence-electron chi connectivity index (χ4n) is 2.69. The lowest BCUT2D eigenvalue weighted by Crippen LogP contribution is -2.31. The average Bonchev–Trinajstić information content (AvgIpc) is 2.54. The monoisotopic (exact) mass is 306 g/mol. The van der Waals surface area contributed by atoms with Crippen molar-refractivity contribution >= 4 is 5.82 Å². The number of hydrogen-bond acceptors (Lipinski definition) is 4. The molecule has 6 heteroatoms. The molecule has 1 aliphatic rings. The van der Waals surface area contributed by atoms with Crippen LogP contribution in [0.2, 0.25) is 0 Å². The Kier molecular flexibility index (Phi) is 4.09. The van der Waals surface area contributed by atoms with E-state index in [1.807, 2.05) is 12.1 Å². The molecule has 0 bridgehead atoms. The van der Waals surface area contributed by atoms with Crippen LogP contribution in [-0.4, -0.2) is 25.3 Å². The summed E-state index contributed by atoms with van der Waals surface area (Å²) in [6.45, 7) is -1.31. The molecule has 2 aromatic rings. The van der Waals surface area contributed by atoms with Crippen LogP contribution in [-0.2, 0) is 13.0 Å². The lowest BCUT2D eigenvalue weighted by atomic mass is 9.98. The number of rotatable bonds is 4. The first-order valence-electron chi connectivity index (χ1n) is 6.98. The predicted octanol–water partition coefficient (Wildman–Crippen LogP) is 3.25. The minimum Gasteiger partial charge on any atom is -0.496 e. The van der Waals surface area contributed by atoms with Crippen LogP contribution in [0.4, 0.5) is 14.6 Å². The number of benzene rings is 1. The summed E-state index contributed by atoms with van der Waals surface area (Å²) >= 11 is 0. The Morgan fingerprint density at radius 2 is 2.09 bits per heavy atom. The van der Waals surface area contributed by atoms with Crippen molar-refractivity contribution in [2.75, 3.05) is 18.6 Å². The van der Waals surface area contributed by atoms with Crippen LogP contribution < -0.4 is 14.4 Å². The first-order valence-corrected chi connectivity index (χ1v) is 6.98. The third-order valence-electron chi connectivity index (χ3n) is 3.71. The summed E-state index contributed by atoms with van der Waals surface area (Å²) in [5.41, 5.74) is 2.42. The summed E-state index contributed by atoms with van der Waals surface area (Å²) in [6.07, 6.45) is 2.18. The Morgan fingerprint density at radius 1 is 1.23 bits per heavy atom. The maximum Gasteiger partial charge on any atom is 0.387 e. The molecule has 0 saturated heterocycles. The van der Waals surface area contributed by atoms with Crippen molar-refractivity contribution in [2.24, 2.45) is 0 Å². The number of halogens is 2. The highest BCUT2D eigenvalue weighted by molar-refractivity contribution is 5.49. The Hall–Kier alpha value is -2.37. The summed E-state index contributed by atoms with van der Waals surface area (Å²) < 4.78 is 34.0. The van der Waals surface area contributed by atoms with Gasteiger partial charge in [-0.15, -0.1) is 0 Å². The predicted molar refractivity (Wildman–Crippen MR) is 78.6 cm³/mol. The van der Waals surface area contributed by atoms with E-state index in [0.29, 0.717) is 6.54 Å². The second kappa shape index (κ2) is 6.17. The molecule has 116 valence electrons. The first kappa shape index (κ1) is 14.6. The van der Waals surface area contributed by atoms with E-state index in [2.05, 4.69) is 20.7 Å². The number of alkyl halides is 2. The van der Waals surface area contributed by atoms with E-state index in [4.69, 9.17) is 4.74 Å². The van der Waals surface area contributed by atoms with Crippen molar-refractivity contribution in [3.8, 4) is 11.5 Å². The third-order valence-corrected chi connectivity index (χ3v) is 3.71. The molecule has 0 radical (unpaired) electrons. The van der Waals surface area contributed by atoms with Gasteiger partial charge >= 0.3 is 6.61 Å². The van der Waals surface area contributed by atoms with Crippen molar-refractivity contribution < 1.29 is 18.3 Å². The number of anilines is 1. The highest BCUT2D eigenvalue weighted by Gasteiger charge is 2.20. The van der Waals surface area contributed by atoms with Gasteiger partial charge in [0.15, 0.2) is 0 Å². The fourth-order valence-corrected chi connectivity index (χ4v) is 2.69. The van der Waals surface area contributed by atoms with Crippen molar-refractivity contribution in [1.82, 2.24) is 4.98 Å². The van der Waals surface area contributed by atoms with Gasteiger partial charge in [-0.1, -0.05) is 12.1 Å². The van der Waals surface area contributed by atoms with Gasteiger partial charge in [-0.3, -0.25) is 0 Å². The molecule has 0 saturated carbocycles. The standard InChI is InChI=1S/C16H16F2N2O2/c1-21-14-4-2-3-11-10-20(8-7-13(11)14)15-6-5-12(9-19-15)22-16(17)18/h2-6,9,16H,7-8,10H2,1H3. The van der Waals surface area contributed by atoms with Gasteiger partial charge in [-0.05, 0) is 30.2 Å². The smallest absolute Gasteiger partial charge is 0.387 e. The summed E-state index contributed by atoms with van der Waals surface area (Å²) in [5, 5.41) is 0. The average molecular weight is 306 g/mol. The van der Waals surface area contributed by atoms with Crippen molar-refractivity contribution in [3.63, 3.8) is 0 Å². The second-order valence-electron chi connectivity index (χ2n) is 5.00. The SMILES string of the molecule is COc1cccc2c1CCN(c1ccc(OC(F)F)cn1)C2. The zero-order chi connectivity index (χ0) is 15.5. The van der Waals surface area contributed by atoms with Gasteiger partial charge in [0.1, 0.15) is 17.3 Å². The molecule has 0 atom stereocenters. The van der Waals surface area contributed by atoms with Crippen molar-refractivity contribution in [1.29, 1.82) is 0 Å². The van der Waals surface area contributed by atoms with Gasteiger partial charge in [0.25, 0.3) is 0 Å². The van der Waals surface area contributed by atoms with Gasteiger partial charge in [-0.2, -0.15) is 8.78 Å². The lowest BCUT2D eigenvalue weighted by Gasteiger charge is -2.30. The Balaban J connectivity index is 1.77. The Bertz CT molecular complexity index is 647. The molecule has 0 spiro atoms. The summed E-state index contributed by atoms with van der Waals surface area (Å²) in [7, 11) is 1.67. The van der Waals surface area contributed by atoms with Gasteiger partial charge in [0, 0.05) is 18.7 Å². The summed E-state index contributed by atoms with van der Waals surface area (Å²) in [5.74, 6) is 1.72. The first-order chi connectivity index (χ1) is 10.7. The number of aromatic nitrogens is 1. The molecular weight excluding hydrogens is 290 g/mol. The van der Waals surface area contributed by atoms with Crippen LogP contribution in [0.15, 0.2) is 36.5 Å². The largest absolute Gasteiger partial charge is 0.496 e. The highest BCUT2D eigenvalue weighted by Crippen LogP contribution is 2.30. The molecule has 0 unspecified atom stereocenters. The van der Waals surface area contributed by atoms with E-state index in [1.165, 1.54) is 23.4 Å². The normalized spacial score (nSPS) is 13.9. The number of methoxy groups -OCH3 is 1. The number of fused-ring (bicyclic) bond motifs is 1. The van der Waals surface area contributed by atoms with Crippen LogP contribution in [0.5, 0.6) is 11.5 Å². The molecule has 22 heavy (non-hydrogen) atoms. The molecule has 4 nitrogen and oxygen atoms in total. The molecule has 0 amide bonds. The number of ether oxygens (including phenoxy) is 2. The Labute approximate surface area is 127 Å². The van der Waals surface area contributed by atoms with Crippen LogP contribution in [0, 0.1) is 0 Å². The van der Waals surface area contributed by atoms with E-state index >= 15 is 0 Å². The van der Waals surface area contributed by atoms with Crippen LogP contribution in [0.1, 0.15) is 11.1 Å². The van der Waals surface area contributed by atoms with Crippen LogP contribution in [0.25, 0.3) is 0 Å². The number of pyridine rings is 1. The summed E-state index contributed by atoms with van der Waals surface area (Å²) in [6, 6.07) is 9.20. The molecule has 0 N–H and O–H groups in total. The molecule has 2 heterocycles. The molecule has 3 rings (SSSR count). The van der Waals surface area contributed by atoms with Gasteiger partial charge in [0.05, 0.1) is 13.3 Å². The van der Waals surface area contributed by atoms with E-state index in [1.54, 1.807) is 13.2 Å². The fraction of sp³-hybridized carbons (Fsp3) is 0.312. The molecule has 0 aliphatic carbocycles. The van der Waals surface area contributed by atoms with Crippen LogP contribution in [0.3, 0.4) is 0 Å². The molecule has 1 aromatic heterocycles. The molecular formula is C16H16F2N2O2. The van der Waals surface area contributed by atoms with Gasteiger partial charge in [0.2, 0.25) is 0 Å². The topological polar surface area (TPSA) is 34.6 Å². The minimum atomic E-state index is -2.83. The van der Waals surface area contributed by atoms with E-state index in [0.717, 1.165) is 24.5 Å². The zero-order valence-electron chi connectivity index (χ0n) is 12.1. The Morgan fingerprint density at radius 3 is 2.77 bits per heavy atom. The quantitative estimate of drug-likeness (QED) is 0.868. The minimum absolute atomic E-state index is 0.0674. The number of hydrogen-bond donors (Lipinski definition) is 0. The van der Waals surface area contributed by atoms with Gasteiger partial charge < -0.3 is 14.4 Å². The lowest BCUT2D eigenvalue weighted by molar-refractivity contribution is -0.0500. The third kappa shape index (κ3) is 2.95. The second-order valence-corrected chi connectivity index (χ2v) is 5.00. The summed E-state index contributed by atoms with van der Waals surface area (Å²) in [4.78, 5) is 6.31. The van der Waals surface area contributed by atoms with E-state index < -0.39 is 6.61 Å². The van der Waals surface area contributed by atoms with Crippen molar-refractivity contribution in [3.05, 3.63) is 47.7 Å². The molecule has 0 fully saturated rings. The van der Waals surface area contributed by atoms with Crippen LogP contribution >= 0.6 is 0 Å².